The van der Waals surface area contributed by atoms with Crippen LogP contribution >= 0.6 is 12.4 Å². The van der Waals surface area contributed by atoms with Gasteiger partial charge in [-0.1, -0.05) is 0 Å². The average Bonchev–Trinajstić information content (AvgIpc) is 1.63. The zero-order valence-electron chi connectivity index (χ0n) is 6.51. The van der Waals surface area contributed by atoms with E-state index in [4.69, 9.17) is 0 Å². The Balaban J connectivity index is 0. The highest BCUT2D eigenvalue weighted by Crippen LogP contribution is 1.80. The second-order valence-corrected chi connectivity index (χ2v) is 2.02. The third-order valence-electron chi connectivity index (χ3n) is 0.682. The molecule has 0 atom stereocenters. The topological polar surface area (TPSA) is 38.3 Å². The lowest BCUT2D eigenvalue weighted by Gasteiger charge is -2.06. The van der Waals surface area contributed by atoms with Gasteiger partial charge in [0.25, 0.3) is 0 Å². The first-order chi connectivity index (χ1) is 4.16. The van der Waals surface area contributed by atoms with Gasteiger partial charge in [0.2, 0.25) is 0 Å². The van der Waals surface area contributed by atoms with Crippen molar-refractivity contribution in [3.05, 3.63) is 0 Å². The average molecular weight is 168 g/mol. The molecule has 0 aromatic rings. The number of carbonyl (C=O) groups excluding carboxylic acids is 1. The first-order valence-corrected chi connectivity index (χ1v) is 3.10. The normalized spacial score (nSPS) is 8.40. The molecule has 1 N–H and O–H groups in total. The van der Waals surface area contributed by atoms with E-state index in [1.165, 1.54) is 0 Å². The minimum Gasteiger partial charge on any atom is -0.450 e. The number of carbonyl (C=O) groups is 1. The summed E-state index contributed by atoms with van der Waals surface area (Å²) < 4.78 is 4.60. The standard InChI is InChI=1S/C6H13NO2.ClH/c1-4-9-6(8)7-5(2)3;/h5H,4H2,1-3H3,(H,7,8);1H. The van der Waals surface area contributed by atoms with Crippen LogP contribution in [0, 0.1) is 0 Å². The maximum absolute atomic E-state index is 10.5. The molecule has 0 radical (unpaired) electrons. The van der Waals surface area contributed by atoms with Crippen LogP contribution in [0.2, 0.25) is 0 Å². The number of halogens is 1. The van der Waals surface area contributed by atoms with Crippen LogP contribution in [-0.2, 0) is 4.74 Å². The fourth-order valence-electron chi connectivity index (χ4n) is 0.408. The van der Waals surface area contributed by atoms with Gasteiger partial charge < -0.3 is 10.1 Å². The van der Waals surface area contributed by atoms with E-state index in [1.54, 1.807) is 6.92 Å². The smallest absolute Gasteiger partial charge is 0.407 e. The molecule has 10 heavy (non-hydrogen) atoms. The van der Waals surface area contributed by atoms with E-state index in [1.807, 2.05) is 13.8 Å². The van der Waals surface area contributed by atoms with Gasteiger partial charge in [0.05, 0.1) is 6.61 Å². The third kappa shape index (κ3) is 7.56. The van der Waals surface area contributed by atoms with Gasteiger partial charge in [0.15, 0.2) is 0 Å². The van der Waals surface area contributed by atoms with Crippen molar-refractivity contribution in [1.82, 2.24) is 5.32 Å². The Labute approximate surface area is 67.5 Å². The molecule has 0 bridgehead atoms. The van der Waals surface area contributed by atoms with E-state index in [-0.39, 0.29) is 24.5 Å². The van der Waals surface area contributed by atoms with Gasteiger partial charge in [-0.25, -0.2) is 4.79 Å². The number of hydrogen-bond donors (Lipinski definition) is 1. The quantitative estimate of drug-likeness (QED) is 0.678. The summed E-state index contributed by atoms with van der Waals surface area (Å²) in [6.07, 6.45) is -0.340. The zero-order valence-corrected chi connectivity index (χ0v) is 7.33. The first-order valence-electron chi connectivity index (χ1n) is 3.10. The summed E-state index contributed by atoms with van der Waals surface area (Å²) in [5, 5.41) is 2.58. The molecule has 1 amide bonds. The Kier molecular flexibility index (Phi) is 8.18. The van der Waals surface area contributed by atoms with Crippen LogP contribution in [0.5, 0.6) is 0 Å². The Morgan fingerprint density at radius 2 is 2.10 bits per heavy atom. The van der Waals surface area contributed by atoms with Crippen molar-refractivity contribution in [1.29, 1.82) is 0 Å². The summed E-state index contributed by atoms with van der Waals surface area (Å²) in [6, 6.07) is 0.157. The highest BCUT2D eigenvalue weighted by atomic mass is 35.5. The number of amides is 1. The number of nitrogens with one attached hydrogen (secondary N) is 1. The molecular weight excluding hydrogens is 154 g/mol. The summed E-state index contributed by atoms with van der Waals surface area (Å²) in [6.45, 7) is 5.98. The molecular formula is C6H14ClNO2. The highest BCUT2D eigenvalue weighted by molar-refractivity contribution is 5.85. The molecule has 3 nitrogen and oxygen atoms in total. The Morgan fingerprint density at radius 3 is 2.40 bits per heavy atom. The second kappa shape index (κ2) is 6.68. The lowest BCUT2D eigenvalue weighted by molar-refractivity contribution is 0.149. The van der Waals surface area contributed by atoms with Crippen molar-refractivity contribution >= 4 is 18.5 Å². The van der Waals surface area contributed by atoms with Gasteiger partial charge in [-0.3, -0.25) is 0 Å². The van der Waals surface area contributed by atoms with E-state index in [0.29, 0.717) is 6.61 Å². The number of alkyl carbamates (subject to hydrolysis) is 1. The minimum atomic E-state index is -0.340. The van der Waals surface area contributed by atoms with Crippen LogP contribution in [0.25, 0.3) is 0 Å². The van der Waals surface area contributed by atoms with Gasteiger partial charge in [-0.15, -0.1) is 12.4 Å². The monoisotopic (exact) mass is 167 g/mol. The van der Waals surface area contributed by atoms with Gasteiger partial charge >= 0.3 is 6.09 Å². The molecule has 62 valence electrons. The predicted octanol–water partition coefficient (Wildman–Crippen LogP) is 1.56. The van der Waals surface area contributed by atoms with Gasteiger partial charge in [0.1, 0.15) is 0 Å². The fraction of sp³-hybridized carbons (Fsp3) is 0.833. The molecule has 0 aromatic carbocycles. The van der Waals surface area contributed by atoms with E-state index in [0.717, 1.165) is 0 Å². The van der Waals surface area contributed by atoms with E-state index in [2.05, 4.69) is 10.1 Å². The molecule has 0 aromatic heterocycles. The molecule has 4 heteroatoms. The molecule has 0 aliphatic carbocycles. The number of rotatable bonds is 2. The van der Waals surface area contributed by atoms with Gasteiger partial charge in [0, 0.05) is 6.04 Å². The highest BCUT2D eigenvalue weighted by Gasteiger charge is 1.99. The van der Waals surface area contributed by atoms with Gasteiger partial charge in [-0.2, -0.15) is 0 Å². The lowest BCUT2D eigenvalue weighted by Crippen LogP contribution is -2.30. The summed E-state index contributed by atoms with van der Waals surface area (Å²) in [5.41, 5.74) is 0. The fourth-order valence-corrected chi connectivity index (χ4v) is 0.408. The Morgan fingerprint density at radius 1 is 1.60 bits per heavy atom. The largest absolute Gasteiger partial charge is 0.450 e. The maximum atomic E-state index is 10.5. The van der Waals surface area contributed by atoms with Crippen molar-refractivity contribution in [2.45, 2.75) is 26.8 Å². The van der Waals surface area contributed by atoms with Crippen LogP contribution in [0.1, 0.15) is 20.8 Å². The van der Waals surface area contributed by atoms with Crippen LogP contribution in [-0.4, -0.2) is 18.7 Å². The second-order valence-electron chi connectivity index (χ2n) is 2.02. The van der Waals surface area contributed by atoms with Crippen molar-refractivity contribution in [3.63, 3.8) is 0 Å². The molecule has 0 aliphatic rings. The summed E-state index contributed by atoms with van der Waals surface area (Å²) in [5.74, 6) is 0. The zero-order chi connectivity index (χ0) is 7.28. The predicted molar refractivity (Wildman–Crippen MR) is 42.5 cm³/mol. The van der Waals surface area contributed by atoms with Crippen molar-refractivity contribution in [3.8, 4) is 0 Å². The molecule has 0 unspecified atom stereocenters. The molecule has 0 fully saturated rings. The Bertz CT molecular complexity index is 95.7. The maximum Gasteiger partial charge on any atom is 0.407 e. The van der Waals surface area contributed by atoms with E-state index < -0.39 is 0 Å². The van der Waals surface area contributed by atoms with E-state index >= 15 is 0 Å². The Hall–Kier alpha value is -0.440. The van der Waals surface area contributed by atoms with Crippen molar-refractivity contribution < 1.29 is 9.53 Å². The van der Waals surface area contributed by atoms with Crippen LogP contribution in [0.15, 0.2) is 0 Å². The number of hydrogen-bond acceptors (Lipinski definition) is 2. The van der Waals surface area contributed by atoms with Crippen LogP contribution < -0.4 is 5.32 Å². The molecule has 0 spiro atoms. The van der Waals surface area contributed by atoms with Crippen LogP contribution in [0.4, 0.5) is 4.79 Å². The summed E-state index contributed by atoms with van der Waals surface area (Å²) >= 11 is 0. The number of ether oxygens (including phenoxy) is 1. The van der Waals surface area contributed by atoms with Crippen LogP contribution in [0.3, 0.4) is 0 Å². The summed E-state index contributed by atoms with van der Waals surface area (Å²) in [4.78, 5) is 10.5. The van der Waals surface area contributed by atoms with E-state index in [9.17, 15) is 4.79 Å². The first kappa shape index (κ1) is 12.3. The minimum absolute atomic E-state index is 0. The molecule has 0 heterocycles. The summed E-state index contributed by atoms with van der Waals surface area (Å²) in [7, 11) is 0. The molecule has 0 aliphatic heterocycles. The lowest BCUT2D eigenvalue weighted by atomic mass is 10.4. The van der Waals surface area contributed by atoms with Gasteiger partial charge in [-0.05, 0) is 20.8 Å². The molecule has 0 saturated heterocycles. The van der Waals surface area contributed by atoms with Crippen molar-refractivity contribution in [2.24, 2.45) is 0 Å². The van der Waals surface area contributed by atoms with Crippen molar-refractivity contribution in [2.75, 3.05) is 6.61 Å². The molecule has 0 rings (SSSR count). The SMILES string of the molecule is CCOC(=O)NC(C)C.Cl. The third-order valence-corrected chi connectivity index (χ3v) is 0.682. The molecule has 0 saturated carbocycles.